The van der Waals surface area contributed by atoms with Crippen LogP contribution in [0.3, 0.4) is 0 Å². The van der Waals surface area contributed by atoms with E-state index in [1.807, 2.05) is 32.0 Å². The van der Waals surface area contributed by atoms with Gasteiger partial charge in [0.15, 0.2) is 15.6 Å². The summed E-state index contributed by atoms with van der Waals surface area (Å²) in [5.74, 6) is -0.879. The van der Waals surface area contributed by atoms with Crippen LogP contribution in [0.4, 0.5) is 0 Å². The van der Waals surface area contributed by atoms with Crippen molar-refractivity contribution in [3.05, 3.63) is 83.3 Å². The largest absolute Gasteiger partial charge is 0.496 e. The van der Waals surface area contributed by atoms with Gasteiger partial charge < -0.3 is 9.47 Å². The van der Waals surface area contributed by atoms with E-state index in [0.717, 1.165) is 11.3 Å². The summed E-state index contributed by atoms with van der Waals surface area (Å²) in [6.07, 6.45) is 1.97. The number of ketones is 1. The molecule has 8 nitrogen and oxygen atoms in total. The monoisotopic (exact) mass is 517 g/mol. The number of fused-ring (bicyclic) bond motifs is 1. The average molecular weight is 518 g/mol. The van der Waals surface area contributed by atoms with Gasteiger partial charge in [0.25, 0.3) is 0 Å². The number of Topliss-reactive ketones (excluding diaryl/α,β-unsaturated/α-hetero) is 1. The van der Waals surface area contributed by atoms with Crippen molar-refractivity contribution in [3.63, 3.8) is 0 Å². The molecule has 1 saturated carbocycles. The highest BCUT2D eigenvalue weighted by Crippen LogP contribution is 2.63. The Morgan fingerprint density at radius 3 is 2.59 bits per heavy atom. The van der Waals surface area contributed by atoms with Gasteiger partial charge in [-0.05, 0) is 56.7 Å². The van der Waals surface area contributed by atoms with Gasteiger partial charge in [0.05, 0.1) is 35.7 Å². The molecular weight excluding hydrogens is 490 g/mol. The highest BCUT2D eigenvalue weighted by Gasteiger charge is 2.63. The number of hydrogen-bond acceptors (Lipinski definition) is 8. The fourth-order valence-corrected chi connectivity index (χ4v) is 6.62. The number of sulfone groups is 1. The molecule has 4 aromatic rings. The zero-order valence-electron chi connectivity index (χ0n) is 21.1. The van der Waals surface area contributed by atoms with E-state index in [1.165, 1.54) is 13.2 Å². The van der Waals surface area contributed by atoms with Crippen molar-refractivity contribution in [3.8, 4) is 11.8 Å². The number of pyridine rings is 1. The van der Waals surface area contributed by atoms with Crippen LogP contribution in [0, 0.1) is 13.8 Å². The molecule has 0 saturated heterocycles. The zero-order valence-corrected chi connectivity index (χ0v) is 21.9. The van der Waals surface area contributed by atoms with Crippen molar-refractivity contribution in [2.24, 2.45) is 0 Å². The first-order chi connectivity index (χ1) is 17.7. The number of benzene rings is 2. The van der Waals surface area contributed by atoms with E-state index in [4.69, 9.17) is 9.47 Å². The molecule has 0 unspecified atom stereocenters. The summed E-state index contributed by atoms with van der Waals surface area (Å²) >= 11 is 0. The third kappa shape index (κ3) is 4.33. The van der Waals surface area contributed by atoms with Crippen LogP contribution in [0.1, 0.15) is 34.9 Å². The molecule has 0 aliphatic heterocycles. The van der Waals surface area contributed by atoms with Gasteiger partial charge in [-0.25, -0.2) is 13.4 Å². The van der Waals surface area contributed by atoms with Crippen LogP contribution >= 0.6 is 0 Å². The van der Waals surface area contributed by atoms with Crippen LogP contribution < -0.4 is 9.47 Å². The van der Waals surface area contributed by atoms with Crippen LogP contribution in [0.5, 0.6) is 11.8 Å². The summed E-state index contributed by atoms with van der Waals surface area (Å²) in [4.78, 5) is 27.2. The minimum atomic E-state index is -3.99. The molecule has 2 aromatic heterocycles. The number of carbonyl (C=O) groups is 1. The summed E-state index contributed by atoms with van der Waals surface area (Å²) < 4.78 is 38.2. The normalized spacial score (nSPS) is 19.0. The maximum Gasteiger partial charge on any atom is 0.316 e. The number of hydrogen-bond donors (Lipinski definition) is 0. The predicted molar refractivity (Wildman–Crippen MR) is 139 cm³/mol. The van der Waals surface area contributed by atoms with Crippen molar-refractivity contribution < 1.29 is 22.7 Å². The van der Waals surface area contributed by atoms with Crippen LogP contribution in [0.2, 0.25) is 0 Å². The van der Waals surface area contributed by atoms with Crippen molar-refractivity contribution in [2.45, 2.75) is 36.5 Å². The Kier molecular flexibility index (Phi) is 6.19. The molecule has 0 spiro atoms. The molecule has 9 heteroatoms. The van der Waals surface area contributed by atoms with Crippen molar-refractivity contribution in [1.29, 1.82) is 0 Å². The minimum absolute atomic E-state index is 0.0955. The lowest BCUT2D eigenvalue weighted by molar-refractivity contribution is -0.119. The maximum atomic E-state index is 14.1. The fourth-order valence-electron chi connectivity index (χ4n) is 5.07. The number of nitrogens with zero attached hydrogens (tertiary/aromatic N) is 3. The number of aromatic nitrogens is 3. The summed E-state index contributed by atoms with van der Waals surface area (Å²) in [6, 6.07) is 16.0. The molecule has 1 aliphatic rings. The average Bonchev–Trinajstić information content (AvgIpc) is 3.65. The molecule has 0 N–H and O–H groups in total. The second kappa shape index (κ2) is 9.23. The van der Waals surface area contributed by atoms with E-state index in [-0.39, 0.29) is 16.8 Å². The Morgan fingerprint density at radius 1 is 1.03 bits per heavy atom. The smallest absolute Gasteiger partial charge is 0.316 e. The SMILES string of the molecule is COc1nccc([C@@H]2C[C@]2(C(=O)CS(=O)(=O)c2cccc3nc(C)ccc23)c2cc(C)ccc2OC)n1. The molecule has 1 aliphatic carbocycles. The van der Waals surface area contributed by atoms with Gasteiger partial charge in [-0.15, -0.1) is 0 Å². The van der Waals surface area contributed by atoms with E-state index < -0.39 is 26.8 Å². The van der Waals surface area contributed by atoms with E-state index in [1.54, 1.807) is 43.6 Å². The number of aryl methyl sites for hydroxylation is 2. The molecule has 37 heavy (non-hydrogen) atoms. The second-order valence-corrected chi connectivity index (χ2v) is 11.3. The second-order valence-electron chi connectivity index (χ2n) is 9.36. The van der Waals surface area contributed by atoms with E-state index in [2.05, 4.69) is 15.0 Å². The Hall–Kier alpha value is -3.85. The molecule has 0 bridgehead atoms. The molecule has 190 valence electrons. The molecule has 0 radical (unpaired) electrons. The standard InChI is InChI=1S/C28H27N3O5S/c1-17-8-11-24(35-3)20(14-17)28(15-21(28)23-12-13-29-27(31-23)36-4)26(32)16-37(33,34)25-7-5-6-22-19(25)10-9-18(2)30-22/h5-14,21H,15-16H2,1-4H3/t21-,28-/m0/s1. The van der Waals surface area contributed by atoms with E-state index in [9.17, 15) is 13.2 Å². The summed E-state index contributed by atoms with van der Waals surface area (Å²) in [5, 5.41) is 0.496. The molecular formula is C28H27N3O5S. The predicted octanol–water partition coefficient (Wildman–Crippen LogP) is 4.13. The van der Waals surface area contributed by atoms with Crippen molar-refractivity contribution in [1.82, 2.24) is 15.0 Å². The van der Waals surface area contributed by atoms with Crippen LogP contribution in [-0.4, -0.2) is 49.1 Å². The lowest BCUT2D eigenvalue weighted by Gasteiger charge is -2.21. The van der Waals surface area contributed by atoms with Gasteiger partial charge in [-0.3, -0.25) is 9.78 Å². The first-order valence-electron chi connectivity index (χ1n) is 11.8. The molecule has 2 aromatic carbocycles. The van der Waals surface area contributed by atoms with Gasteiger partial charge >= 0.3 is 6.01 Å². The van der Waals surface area contributed by atoms with Gasteiger partial charge in [0.2, 0.25) is 0 Å². The molecule has 1 fully saturated rings. The Bertz CT molecular complexity index is 1640. The first-order valence-corrected chi connectivity index (χ1v) is 13.5. The maximum absolute atomic E-state index is 14.1. The highest BCUT2D eigenvalue weighted by atomic mass is 32.2. The lowest BCUT2D eigenvalue weighted by atomic mass is 9.86. The van der Waals surface area contributed by atoms with Crippen molar-refractivity contribution >= 4 is 26.5 Å². The quantitative estimate of drug-likeness (QED) is 0.343. The van der Waals surface area contributed by atoms with Crippen LogP contribution in [0.25, 0.3) is 10.9 Å². The van der Waals surface area contributed by atoms with Crippen LogP contribution in [-0.2, 0) is 20.0 Å². The number of rotatable bonds is 8. The third-order valence-electron chi connectivity index (χ3n) is 6.98. The van der Waals surface area contributed by atoms with Gasteiger partial charge in [0.1, 0.15) is 11.5 Å². The molecule has 5 rings (SSSR count). The topological polar surface area (TPSA) is 108 Å². The molecule has 0 amide bonds. The Balaban J connectivity index is 1.60. The minimum Gasteiger partial charge on any atom is -0.496 e. The van der Waals surface area contributed by atoms with Gasteiger partial charge in [0, 0.05) is 28.8 Å². The number of methoxy groups -OCH3 is 2. The van der Waals surface area contributed by atoms with E-state index in [0.29, 0.717) is 34.3 Å². The Morgan fingerprint density at radius 2 is 1.84 bits per heavy atom. The fraction of sp³-hybridized carbons (Fsp3) is 0.286. The van der Waals surface area contributed by atoms with Gasteiger partial charge in [-0.1, -0.05) is 23.8 Å². The van der Waals surface area contributed by atoms with Crippen LogP contribution in [0.15, 0.2) is 65.7 Å². The van der Waals surface area contributed by atoms with E-state index >= 15 is 0 Å². The highest BCUT2D eigenvalue weighted by molar-refractivity contribution is 7.92. The first kappa shape index (κ1) is 24.8. The van der Waals surface area contributed by atoms with Gasteiger partial charge in [-0.2, -0.15) is 4.98 Å². The summed E-state index contributed by atoms with van der Waals surface area (Å²) in [6.45, 7) is 3.77. The lowest BCUT2D eigenvalue weighted by Crippen LogP contribution is -2.30. The Labute approximate surface area is 215 Å². The molecule has 2 heterocycles. The van der Waals surface area contributed by atoms with Crippen molar-refractivity contribution in [2.75, 3.05) is 20.0 Å². The number of ether oxygens (including phenoxy) is 2. The number of carbonyl (C=O) groups excluding carboxylic acids is 1. The summed E-state index contributed by atoms with van der Waals surface area (Å²) in [5.41, 5.74) is 2.46. The molecule has 2 atom stereocenters. The third-order valence-corrected chi connectivity index (χ3v) is 8.64. The zero-order chi connectivity index (χ0) is 26.4. The summed E-state index contributed by atoms with van der Waals surface area (Å²) in [7, 11) is -0.972.